The summed E-state index contributed by atoms with van der Waals surface area (Å²) in [5, 5.41) is 7.23. The summed E-state index contributed by atoms with van der Waals surface area (Å²) in [6, 6.07) is 14.6. The second-order valence-electron chi connectivity index (χ2n) is 7.56. The van der Waals surface area contributed by atoms with Gasteiger partial charge in [0.05, 0.1) is 25.6 Å². The summed E-state index contributed by atoms with van der Waals surface area (Å²) >= 11 is 1.60. The number of aromatic nitrogens is 1. The number of benzene rings is 2. The molecule has 1 aliphatic carbocycles. The van der Waals surface area contributed by atoms with E-state index in [0.29, 0.717) is 0 Å². The number of fused-ring (bicyclic) bond motifs is 1. The van der Waals surface area contributed by atoms with Crippen molar-refractivity contribution in [3.05, 3.63) is 63.8 Å². The Labute approximate surface area is 181 Å². The Hall–Kier alpha value is -2.86. The Bertz CT molecular complexity index is 1140. The molecule has 6 heteroatoms. The molecular weight excluding hydrogens is 394 g/mol. The summed E-state index contributed by atoms with van der Waals surface area (Å²) < 4.78 is 13.0. The molecule has 4 rings (SSSR count). The largest absolute Gasteiger partial charge is 0.497 e. The third-order valence-corrected chi connectivity index (χ3v) is 5.98. The standard InChI is InChI=1S/C24H27N3O2S/c1-16(2)25-24-27(26-21-11-7-9-17-8-5-6-10-19(17)21)22(15-30-24)20-13-12-18(28-3)14-23(20)29-4/h5-6,8,10,12-16H,7,9,11H2,1-4H3. The van der Waals surface area contributed by atoms with Crippen LogP contribution in [0, 0.1) is 0 Å². The van der Waals surface area contributed by atoms with Gasteiger partial charge in [-0.25, -0.2) is 4.68 Å². The van der Waals surface area contributed by atoms with Crippen LogP contribution in [0.3, 0.4) is 0 Å². The van der Waals surface area contributed by atoms with Gasteiger partial charge in [-0.15, -0.1) is 11.3 Å². The summed E-state index contributed by atoms with van der Waals surface area (Å²) in [5.41, 5.74) is 5.65. The van der Waals surface area contributed by atoms with E-state index in [4.69, 9.17) is 19.6 Å². The molecule has 2 aromatic carbocycles. The minimum atomic E-state index is 0.180. The van der Waals surface area contributed by atoms with Gasteiger partial charge in [0.1, 0.15) is 11.5 Å². The fraction of sp³-hybridized carbons (Fsp3) is 0.333. The van der Waals surface area contributed by atoms with Gasteiger partial charge in [0.25, 0.3) is 0 Å². The molecule has 1 aromatic heterocycles. The van der Waals surface area contributed by atoms with Gasteiger partial charge in [-0.2, -0.15) is 5.10 Å². The van der Waals surface area contributed by atoms with Crippen LogP contribution in [0.25, 0.3) is 11.3 Å². The third-order valence-electron chi connectivity index (χ3n) is 5.15. The van der Waals surface area contributed by atoms with Crippen molar-refractivity contribution in [2.24, 2.45) is 10.1 Å². The van der Waals surface area contributed by atoms with Crippen LogP contribution < -0.4 is 14.3 Å². The Morgan fingerprint density at radius 3 is 2.60 bits per heavy atom. The van der Waals surface area contributed by atoms with Crippen LogP contribution in [0.5, 0.6) is 11.5 Å². The number of hydrogen-bond donors (Lipinski definition) is 0. The fourth-order valence-corrected chi connectivity index (χ4v) is 4.68. The van der Waals surface area contributed by atoms with Gasteiger partial charge in [0, 0.05) is 28.6 Å². The van der Waals surface area contributed by atoms with Gasteiger partial charge < -0.3 is 9.47 Å². The Kier molecular flexibility index (Phi) is 6.04. The summed E-state index contributed by atoms with van der Waals surface area (Å²) in [6.45, 7) is 4.17. The molecule has 0 radical (unpaired) electrons. The van der Waals surface area contributed by atoms with E-state index >= 15 is 0 Å². The number of hydrogen-bond acceptors (Lipinski definition) is 5. The van der Waals surface area contributed by atoms with Crippen molar-refractivity contribution < 1.29 is 9.47 Å². The molecule has 1 aliphatic rings. The molecular formula is C24H27N3O2S. The van der Waals surface area contributed by atoms with Crippen LogP contribution in [0.4, 0.5) is 0 Å². The average Bonchev–Trinajstić information content (AvgIpc) is 3.14. The van der Waals surface area contributed by atoms with Crippen LogP contribution in [-0.2, 0) is 6.42 Å². The zero-order valence-corrected chi connectivity index (χ0v) is 18.7. The summed E-state index contributed by atoms with van der Waals surface area (Å²) in [7, 11) is 3.34. The van der Waals surface area contributed by atoms with E-state index in [1.165, 1.54) is 11.1 Å². The van der Waals surface area contributed by atoms with Gasteiger partial charge in [-0.3, -0.25) is 4.99 Å². The van der Waals surface area contributed by atoms with Crippen molar-refractivity contribution in [1.29, 1.82) is 0 Å². The Morgan fingerprint density at radius 2 is 1.83 bits per heavy atom. The van der Waals surface area contributed by atoms with E-state index in [9.17, 15) is 0 Å². The quantitative estimate of drug-likeness (QED) is 0.573. The predicted octanol–water partition coefficient (Wildman–Crippen LogP) is 5.13. The van der Waals surface area contributed by atoms with Crippen molar-refractivity contribution in [3.63, 3.8) is 0 Å². The summed E-state index contributed by atoms with van der Waals surface area (Å²) in [5.74, 6) is 1.51. The lowest BCUT2D eigenvalue weighted by Crippen LogP contribution is -2.19. The zero-order valence-electron chi connectivity index (χ0n) is 17.9. The highest BCUT2D eigenvalue weighted by molar-refractivity contribution is 7.07. The predicted molar refractivity (Wildman–Crippen MR) is 123 cm³/mol. The fourth-order valence-electron chi connectivity index (χ4n) is 3.73. The molecule has 30 heavy (non-hydrogen) atoms. The second kappa shape index (κ2) is 8.88. The van der Waals surface area contributed by atoms with Crippen molar-refractivity contribution in [2.45, 2.75) is 39.2 Å². The van der Waals surface area contributed by atoms with E-state index in [-0.39, 0.29) is 6.04 Å². The van der Waals surface area contributed by atoms with Gasteiger partial charge in [0.2, 0.25) is 4.80 Å². The summed E-state index contributed by atoms with van der Waals surface area (Å²) in [4.78, 5) is 5.71. The topological polar surface area (TPSA) is 48.1 Å². The van der Waals surface area contributed by atoms with Gasteiger partial charge >= 0.3 is 0 Å². The minimum absolute atomic E-state index is 0.180. The van der Waals surface area contributed by atoms with Gasteiger partial charge in [-0.05, 0) is 50.8 Å². The normalized spacial score (nSPS) is 15.5. The Morgan fingerprint density at radius 1 is 1.00 bits per heavy atom. The average molecular weight is 422 g/mol. The molecule has 0 aliphatic heterocycles. The maximum atomic E-state index is 5.67. The molecule has 0 amide bonds. The maximum Gasteiger partial charge on any atom is 0.206 e. The lowest BCUT2D eigenvalue weighted by atomic mass is 9.90. The smallest absolute Gasteiger partial charge is 0.206 e. The summed E-state index contributed by atoms with van der Waals surface area (Å²) in [6.07, 6.45) is 3.17. The van der Waals surface area contributed by atoms with E-state index in [1.807, 2.05) is 22.9 Å². The molecule has 0 saturated heterocycles. The van der Waals surface area contributed by atoms with E-state index in [1.54, 1.807) is 25.6 Å². The van der Waals surface area contributed by atoms with Crippen molar-refractivity contribution >= 4 is 17.0 Å². The third kappa shape index (κ3) is 4.05. The first-order valence-electron chi connectivity index (χ1n) is 10.2. The number of rotatable bonds is 5. The molecule has 0 atom stereocenters. The first-order chi connectivity index (χ1) is 14.6. The molecule has 156 valence electrons. The minimum Gasteiger partial charge on any atom is -0.497 e. The van der Waals surface area contributed by atoms with Crippen molar-refractivity contribution in [3.8, 4) is 22.8 Å². The van der Waals surface area contributed by atoms with E-state index in [2.05, 4.69) is 43.5 Å². The number of ether oxygens (including phenoxy) is 2. The number of nitrogens with zero attached hydrogens (tertiary/aromatic N) is 3. The SMILES string of the molecule is COc1ccc(-c2csc(=NC(C)C)n2N=C2CCCc3ccccc32)c(OC)c1. The van der Waals surface area contributed by atoms with E-state index in [0.717, 1.165) is 52.5 Å². The maximum absolute atomic E-state index is 5.67. The number of thiazole rings is 1. The van der Waals surface area contributed by atoms with Crippen LogP contribution in [0.2, 0.25) is 0 Å². The van der Waals surface area contributed by atoms with Crippen LogP contribution in [0.15, 0.2) is 57.9 Å². The highest BCUT2D eigenvalue weighted by atomic mass is 32.1. The molecule has 0 fully saturated rings. The molecule has 0 bridgehead atoms. The van der Waals surface area contributed by atoms with Crippen LogP contribution in [0.1, 0.15) is 37.8 Å². The lowest BCUT2D eigenvalue weighted by molar-refractivity contribution is 0.395. The second-order valence-corrected chi connectivity index (χ2v) is 8.40. The van der Waals surface area contributed by atoms with Crippen LogP contribution in [-0.4, -0.2) is 30.6 Å². The van der Waals surface area contributed by atoms with Crippen molar-refractivity contribution in [1.82, 2.24) is 4.68 Å². The molecule has 3 aromatic rings. The Balaban J connectivity index is 1.92. The highest BCUT2D eigenvalue weighted by Gasteiger charge is 2.18. The van der Waals surface area contributed by atoms with Gasteiger partial charge in [-0.1, -0.05) is 24.3 Å². The highest BCUT2D eigenvalue weighted by Crippen LogP contribution is 2.34. The molecule has 0 saturated carbocycles. The molecule has 0 unspecified atom stereocenters. The first-order valence-corrected chi connectivity index (χ1v) is 11.1. The zero-order chi connectivity index (χ0) is 21.1. The number of methoxy groups -OCH3 is 2. The molecule has 5 nitrogen and oxygen atoms in total. The van der Waals surface area contributed by atoms with Gasteiger partial charge in [0.15, 0.2) is 0 Å². The van der Waals surface area contributed by atoms with Crippen molar-refractivity contribution in [2.75, 3.05) is 14.2 Å². The lowest BCUT2D eigenvalue weighted by Gasteiger charge is -2.18. The molecule has 0 N–H and O–H groups in total. The monoisotopic (exact) mass is 421 g/mol. The molecule has 1 heterocycles. The first kappa shape index (κ1) is 20.4. The molecule has 0 spiro atoms. The number of aryl methyl sites for hydroxylation is 1. The van der Waals surface area contributed by atoms with Crippen LogP contribution >= 0.6 is 11.3 Å². The van der Waals surface area contributed by atoms with E-state index < -0.39 is 0 Å².